The van der Waals surface area contributed by atoms with Crippen molar-refractivity contribution in [2.24, 2.45) is 5.10 Å². The fraction of sp³-hybridized carbons (Fsp3) is 0.0625. The minimum atomic E-state index is -0.250. The number of para-hydroxylation sites is 2. The lowest BCUT2D eigenvalue weighted by molar-refractivity contribution is 0.484. The maximum absolute atomic E-state index is 8.66. The first kappa shape index (κ1) is 14.1. The molecule has 0 aliphatic carbocycles. The van der Waals surface area contributed by atoms with Crippen molar-refractivity contribution < 1.29 is 4.74 Å². The lowest BCUT2D eigenvalue weighted by Crippen LogP contribution is -1.98. The molecule has 2 aromatic rings. The number of nitrogens with zero attached hydrogens (tertiary/aromatic N) is 3. The zero-order chi connectivity index (χ0) is 15.1. The van der Waals surface area contributed by atoms with E-state index < -0.39 is 0 Å². The molecule has 102 valence electrons. The van der Waals surface area contributed by atoms with Crippen molar-refractivity contribution in [1.82, 2.24) is 0 Å². The molecule has 0 unspecified atom stereocenters. The Morgan fingerprint density at radius 1 is 1.10 bits per heavy atom. The number of hydrogen-bond acceptors (Lipinski definition) is 5. The Balaban J connectivity index is 2.24. The molecule has 21 heavy (non-hydrogen) atoms. The summed E-state index contributed by atoms with van der Waals surface area (Å²) in [5.74, 6) is 1.26. The van der Waals surface area contributed by atoms with E-state index in [2.05, 4.69) is 10.5 Å². The largest absolute Gasteiger partial charge is 0.455 e. The van der Waals surface area contributed by atoms with Crippen LogP contribution in [0.15, 0.2) is 53.6 Å². The summed E-state index contributed by atoms with van der Waals surface area (Å²) in [5.41, 5.74) is 4.08. The molecule has 1 N–H and O–H groups in total. The van der Waals surface area contributed by atoms with Crippen molar-refractivity contribution in [2.45, 2.75) is 6.92 Å². The van der Waals surface area contributed by atoms with Crippen molar-refractivity contribution in [3.05, 3.63) is 54.1 Å². The van der Waals surface area contributed by atoms with E-state index in [1.165, 1.54) is 0 Å². The van der Waals surface area contributed by atoms with Gasteiger partial charge in [0.1, 0.15) is 17.9 Å². The normalized spacial score (nSPS) is 9.10. The lowest BCUT2D eigenvalue weighted by atomic mass is 10.2. The fourth-order valence-corrected chi connectivity index (χ4v) is 1.64. The summed E-state index contributed by atoms with van der Waals surface area (Å²) in [7, 11) is 0. The topological polar surface area (TPSA) is 81.2 Å². The summed E-state index contributed by atoms with van der Waals surface area (Å²) in [6, 6.07) is 18.2. The summed E-state index contributed by atoms with van der Waals surface area (Å²) in [4.78, 5) is 0. The van der Waals surface area contributed by atoms with E-state index >= 15 is 0 Å². The van der Waals surface area contributed by atoms with Gasteiger partial charge in [-0.2, -0.15) is 15.6 Å². The third-order valence-electron chi connectivity index (χ3n) is 2.60. The van der Waals surface area contributed by atoms with E-state index in [9.17, 15) is 0 Å². The van der Waals surface area contributed by atoms with Gasteiger partial charge >= 0.3 is 0 Å². The van der Waals surface area contributed by atoms with E-state index in [0.29, 0.717) is 17.2 Å². The van der Waals surface area contributed by atoms with Gasteiger partial charge in [0, 0.05) is 0 Å². The van der Waals surface area contributed by atoms with Crippen molar-refractivity contribution in [1.29, 1.82) is 10.5 Å². The molecule has 0 atom stereocenters. The van der Waals surface area contributed by atoms with E-state index in [0.717, 1.165) is 5.56 Å². The Labute approximate surface area is 122 Å². The predicted octanol–water partition coefficient (Wildman–Crippen LogP) is 3.60. The Bertz CT molecular complexity index is 737. The molecular weight excluding hydrogens is 264 g/mol. The minimum Gasteiger partial charge on any atom is -0.455 e. The molecule has 0 saturated heterocycles. The van der Waals surface area contributed by atoms with Crippen molar-refractivity contribution >= 4 is 11.4 Å². The Morgan fingerprint density at radius 2 is 1.86 bits per heavy atom. The number of nitrogens with one attached hydrogen (secondary N) is 1. The first-order valence-corrected chi connectivity index (χ1v) is 6.20. The monoisotopic (exact) mass is 276 g/mol. The molecule has 0 fully saturated rings. The van der Waals surface area contributed by atoms with E-state index in [-0.39, 0.29) is 5.71 Å². The molecule has 0 aromatic heterocycles. The van der Waals surface area contributed by atoms with Gasteiger partial charge in [-0.1, -0.05) is 24.3 Å². The zero-order valence-corrected chi connectivity index (χ0v) is 11.4. The van der Waals surface area contributed by atoms with Crippen LogP contribution in [-0.4, -0.2) is 5.71 Å². The summed E-state index contributed by atoms with van der Waals surface area (Å²) in [5, 5.41) is 21.0. The molecule has 2 aromatic carbocycles. The second-order valence-electron chi connectivity index (χ2n) is 4.21. The van der Waals surface area contributed by atoms with Crippen LogP contribution in [0.5, 0.6) is 11.5 Å². The van der Waals surface area contributed by atoms with Crippen LogP contribution in [0.4, 0.5) is 5.69 Å². The molecule has 0 saturated carbocycles. The van der Waals surface area contributed by atoms with E-state index in [1.807, 2.05) is 37.3 Å². The number of aryl methyl sites for hydroxylation is 1. The molecule has 0 heterocycles. The van der Waals surface area contributed by atoms with Gasteiger partial charge in [0.2, 0.25) is 5.71 Å². The predicted molar refractivity (Wildman–Crippen MR) is 80.0 cm³/mol. The maximum atomic E-state index is 8.66. The van der Waals surface area contributed by atoms with Gasteiger partial charge in [0.05, 0.1) is 5.69 Å². The standard InChI is InChI=1S/C16H12N4O/c1-12-5-4-6-14(9-12)21-16-8-3-2-7-15(16)20-19-13(10-17)11-18/h2-9,20H,1H3. The number of hydrogen-bond donors (Lipinski definition) is 1. The van der Waals surface area contributed by atoms with Crippen LogP contribution >= 0.6 is 0 Å². The van der Waals surface area contributed by atoms with Crippen LogP contribution in [0.1, 0.15) is 5.56 Å². The quantitative estimate of drug-likeness (QED) is 0.683. The van der Waals surface area contributed by atoms with Crippen molar-refractivity contribution in [3.63, 3.8) is 0 Å². The molecule has 5 heteroatoms. The molecule has 0 bridgehead atoms. The lowest BCUT2D eigenvalue weighted by Gasteiger charge is -2.10. The Hall–Kier alpha value is -3.31. The van der Waals surface area contributed by atoms with Gasteiger partial charge < -0.3 is 4.74 Å². The smallest absolute Gasteiger partial charge is 0.237 e. The number of benzene rings is 2. The SMILES string of the molecule is Cc1cccc(Oc2ccccc2NN=C(C#N)C#N)c1. The Kier molecular flexibility index (Phi) is 4.53. The highest BCUT2D eigenvalue weighted by molar-refractivity contribution is 6.10. The molecule has 0 aliphatic rings. The zero-order valence-electron chi connectivity index (χ0n) is 11.4. The number of hydrazone groups is 1. The molecule has 0 aliphatic heterocycles. The second kappa shape index (κ2) is 6.74. The van der Waals surface area contributed by atoms with Crippen LogP contribution in [0.2, 0.25) is 0 Å². The Morgan fingerprint density at radius 3 is 2.57 bits per heavy atom. The molecule has 2 rings (SSSR count). The van der Waals surface area contributed by atoms with Crippen LogP contribution in [0.3, 0.4) is 0 Å². The van der Waals surface area contributed by atoms with E-state index in [1.54, 1.807) is 30.3 Å². The number of ether oxygens (including phenoxy) is 1. The molecule has 5 nitrogen and oxygen atoms in total. The highest BCUT2D eigenvalue weighted by Crippen LogP contribution is 2.29. The highest BCUT2D eigenvalue weighted by atomic mass is 16.5. The second-order valence-corrected chi connectivity index (χ2v) is 4.21. The van der Waals surface area contributed by atoms with Crippen LogP contribution in [-0.2, 0) is 0 Å². The van der Waals surface area contributed by atoms with E-state index in [4.69, 9.17) is 15.3 Å². The fourth-order valence-electron chi connectivity index (χ4n) is 1.64. The first-order chi connectivity index (χ1) is 10.2. The maximum Gasteiger partial charge on any atom is 0.237 e. The van der Waals surface area contributed by atoms with Gasteiger partial charge in [-0.05, 0) is 36.8 Å². The van der Waals surface area contributed by atoms with Gasteiger partial charge in [-0.3, -0.25) is 5.43 Å². The van der Waals surface area contributed by atoms with Gasteiger partial charge in [0.25, 0.3) is 0 Å². The summed E-state index contributed by atoms with van der Waals surface area (Å²) in [6.07, 6.45) is 0. The summed E-state index contributed by atoms with van der Waals surface area (Å²) in [6.45, 7) is 1.98. The highest BCUT2D eigenvalue weighted by Gasteiger charge is 2.04. The van der Waals surface area contributed by atoms with Crippen molar-refractivity contribution in [3.8, 4) is 23.6 Å². The molecular formula is C16H12N4O. The van der Waals surface area contributed by atoms with Crippen LogP contribution in [0, 0.1) is 29.6 Å². The van der Waals surface area contributed by atoms with Crippen molar-refractivity contribution in [2.75, 3.05) is 5.43 Å². The molecule has 0 radical (unpaired) electrons. The third kappa shape index (κ3) is 3.82. The summed E-state index contributed by atoms with van der Waals surface area (Å²) < 4.78 is 5.79. The third-order valence-corrected chi connectivity index (χ3v) is 2.60. The van der Waals surface area contributed by atoms with Gasteiger partial charge in [0.15, 0.2) is 5.75 Å². The molecule has 0 amide bonds. The average molecular weight is 276 g/mol. The number of nitriles is 2. The minimum absolute atomic E-state index is 0.250. The summed E-state index contributed by atoms with van der Waals surface area (Å²) >= 11 is 0. The molecule has 0 spiro atoms. The number of rotatable bonds is 4. The number of anilines is 1. The van der Waals surface area contributed by atoms with Crippen LogP contribution in [0.25, 0.3) is 0 Å². The van der Waals surface area contributed by atoms with Gasteiger partial charge in [-0.25, -0.2) is 0 Å². The average Bonchev–Trinajstić information content (AvgIpc) is 2.50. The first-order valence-electron chi connectivity index (χ1n) is 6.20. The van der Waals surface area contributed by atoms with Gasteiger partial charge in [-0.15, -0.1) is 0 Å². The van der Waals surface area contributed by atoms with Crippen LogP contribution < -0.4 is 10.2 Å².